The maximum atomic E-state index is 13.9. The molecule has 0 aromatic carbocycles. The van der Waals surface area contributed by atoms with Crippen LogP contribution in [0.1, 0.15) is 70.7 Å². The number of aliphatic imine (C=N–C) groups is 1. The van der Waals surface area contributed by atoms with E-state index < -0.39 is 146 Å². The van der Waals surface area contributed by atoms with Gasteiger partial charge in [-0.3, -0.25) is 52.9 Å². The molecule has 2 aromatic rings. The Kier molecular flexibility index (Phi) is 29.5. The summed E-state index contributed by atoms with van der Waals surface area (Å²) in [7, 11) is 0. The van der Waals surface area contributed by atoms with Crippen LogP contribution in [0.2, 0.25) is 0 Å². The number of rotatable bonds is 37. The third-order valence-corrected chi connectivity index (χ3v) is 11.5. The van der Waals surface area contributed by atoms with Crippen LogP contribution in [0.5, 0.6) is 0 Å². The zero-order valence-electron chi connectivity index (χ0n) is 43.7. The summed E-state index contributed by atoms with van der Waals surface area (Å²) < 4.78 is 0. The maximum absolute atomic E-state index is 13.9. The normalized spacial score (nSPS) is 14.9. The number of H-pyrrole nitrogens is 2. The number of aromatic amines is 2. The van der Waals surface area contributed by atoms with Crippen LogP contribution in [-0.4, -0.2) is 205 Å². The van der Waals surface area contributed by atoms with Crippen LogP contribution in [0.4, 0.5) is 0 Å². The number of hydrogen-bond donors (Lipinski definition) is 20. The van der Waals surface area contributed by atoms with E-state index in [9.17, 15) is 68.4 Å². The van der Waals surface area contributed by atoms with Crippen molar-refractivity contribution in [3.05, 3.63) is 36.4 Å². The molecule has 2 aromatic heterocycles. The topological polar surface area (TPSA) is 560 Å². The highest BCUT2D eigenvalue weighted by atomic mass is 16.3. The molecule has 0 unspecified atom stereocenters. The summed E-state index contributed by atoms with van der Waals surface area (Å²) in [6.45, 7) is 1.27. The van der Waals surface area contributed by atoms with Crippen molar-refractivity contribution in [1.82, 2.24) is 67.8 Å². The molecule has 78 heavy (non-hydrogen) atoms. The fourth-order valence-corrected chi connectivity index (χ4v) is 7.16. The molecule has 0 fully saturated rings. The molecule has 10 atom stereocenters. The quantitative estimate of drug-likeness (QED) is 0.0170. The smallest absolute Gasteiger partial charge is 0.245 e. The van der Waals surface area contributed by atoms with Crippen molar-refractivity contribution in [2.75, 3.05) is 39.5 Å². The van der Waals surface area contributed by atoms with E-state index in [1.165, 1.54) is 32.0 Å². The number of hydrogen-bond acceptors (Lipinski definition) is 19. The predicted molar refractivity (Wildman–Crippen MR) is 275 cm³/mol. The molecule has 10 amide bonds. The van der Waals surface area contributed by atoms with Gasteiger partial charge in [0.2, 0.25) is 59.1 Å². The van der Waals surface area contributed by atoms with E-state index in [1.54, 1.807) is 13.8 Å². The lowest BCUT2D eigenvalue weighted by atomic mass is 10.0. The number of carbonyl (C=O) groups is 10. The van der Waals surface area contributed by atoms with Crippen LogP contribution in [-0.2, 0) is 60.8 Å². The Bertz CT molecular complexity index is 2280. The largest absolute Gasteiger partial charge is 0.394 e. The minimum Gasteiger partial charge on any atom is -0.394 e. The molecular formula is C45H77N19O14. The number of aromatic nitrogens is 4. The summed E-state index contributed by atoms with van der Waals surface area (Å²) in [6, 6.07) is -14.9. The Morgan fingerprint density at radius 2 is 0.910 bits per heavy atom. The van der Waals surface area contributed by atoms with Gasteiger partial charge in [-0.25, -0.2) is 9.97 Å². The van der Waals surface area contributed by atoms with Crippen LogP contribution in [0.3, 0.4) is 0 Å². The van der Waals surface area contributed by atoms with Crippen LogP contribution in [0, 0.1) is 5.92 Å². The standard InChI is InChI=1S/C45H77N19O14/c1-22(2)11-29(39(73)57-27(35(48)69)7-4-5-9-46)60-40(74)31(13-25-15-52-21-55-25)61-43(77)33(18-67)64-44(78)34(19-68)63-41(75)30(12-24-14-51-20-54-24)59-36(70)23(3)56-38(72)28(8-6-10-53-45(49)50)58-42(76)32(17-66)62-37(71)26(47)16-65/h14-15,20-23,26-34,65-68H,4-13,16-19,46-47H2,1-3H3,(H2,48,69)(H,51,54)(H,52,55)(H,56,72)(H,57,73)(H,58,76)(H,59,70)(H,60,74)(H,61,77)(H,62,71)(H,63,75)(H,64,78)(H4,49,50,53)/t23-,26-,27-,28-,29-,30-,31-,32-,33-,34-/m0/s1. The number of unbranched alkanes of at least 4 members (excludes halogenated alkanes) is 1. The van der Waals surface area contributed by atoms with Gasteiger partial charge in [0.15, 0.2) is 5.96 Å². The number of imidazole rings is 2. The molecule has 0 radical (unpaired) electrons. The molecule has 0 saturated carbocycles. The fourth-order valence-electron chi connectivity index (χ4n) is 7.16. The summed E-state index contributed by atoms with van der Waals surface area (Å²) in [5, 5.41) is 61.1. The van der Waals surface area contributed by atoms with E-state index in [-0.39, 0.29) is 56.9 Å². The second-order valence-electron chi connectivity index (χ2n) is 18.4. The first-order valence-corrected chi connectivity index (χ1v) is 24.9. The SMILES string of the molecule is CC(C)C[C@H](NC(=O)[C@H](Cc1cnc[nH]1)NC(=O)[C@H](CO)NC(=O)[C@H](CO)NC(=O)[C@H](Cc1cnc[nH]1)NC(=O)[C@H](C)NC(=O)[C@H](CCCN=C(N)N)NC(=O)[C@H](CO)NC(=O)[C@@H](N)CO)C(=O)N[C@@H](CCCCN)C(N)=O. The molecule has 0 aliphatic rings. The molecule has 0 aliphatic heterocycles. The number of nitrogens with two attached hydrogens (primary N) is 5. The van der Waals surface area contributed by atoms with Gasteiger partial charge in [0.1, 0.15) is 60.4 Å². The number of nitrogens with one attached hydrogen (secondary N) is 11. The Labute approximate surface area is 448 Å². The lowest BCUT2D eigenvalue weighted by Gasteiger charge is -2.27. The second kappa shape index (κ2) is 34.7. The van der Waals surface area contributed by atoms with E-state index in [1.807, 2.05) is 0 Å². The Hall–Kier alpha value is -7.85. The molecule has 33 heteroatoms. The van der Waals surface area contributed by atoms with Crippen molar-refractivity contribution in [3.8, 4) is 0 Å². The van der Waals surface area contributed by atoms with Crippen molar-refractivity contribution in [3.63, 3.8) is 0 Å². The number of amides is 10. The highest BCUT2D eigenvalue weighted by molar-refractivity contribution is 5.98. The van der Waals surface area contributed by atoms with E-state index in [0.29, 0.717) is 30.8 Å². The van der Waals surface area contributed by atoms with Gasteiger partial charge in [-0.2, -0.15) is 0 Å². The number of carbonyl (C=O) groups excluding carboxylic acids is 10. The molecular weight excluding hydrogens is 1030 g/mol. The molecule has 33 nitrogen and oxygen atoms in total. The Balaban J connectivity index is 2.28. The van der Waals surface area contributed by atoms with Crippen molar-refractivity contribution >= 4 is 65.0 Å². The lowest BCUT2D eigenvalue weighted by Crippen LogP contribution is -2.62. The predicted octanol–water partition coefficient (Wildman–Crippen LogP) is -9.69. The summed E-state index contributed by atoms with van der Waals surface area (Å²) in [5.41, 5.74) is 28.0. The minimum absolute atomic E-state index is 0.00199. The highest BCUT2D eigenvalue weighted by Gasteiger charge is 2.35. The average Bonchev–Trinajstić information content (AvgIpc) is 4.13. The monoisotopic (exact) mass is 1110 g/mol. The summed E-state index contributed by atoms with van der Waals surface area (Å²) >= 11 is 0. The number of aliphatic hydroxyl groups excluding tert-OH is 4. The lowest BCUT2D eigenvalue weighted by molar-refractivity contribution is -0.136. The minimum atomic E-state index is -1.84. The second-order valence-corrected chi connectivity index (χ2v) is 18.4. The fraction of sp³-hybridized carbons (Fsp3) is 0.622. The Morgan fingerprint density at radius 1 is 0.513 bits per heavy atom. The van der Waals surface area contributed by atoms with Crippen LogP contribution >= 0.6 is 0 Å². The molecule has 0 bridgehead atoms. The van der Waals surface area contributed by atoms with Gasteiger partial charge in [-0.05, 0) is 57.9 Å². The van der Waals surface area contributed by atoms with Crippen molar-refractivity contribution < 1.29 is 68.4 Å². The Morgan fingerprint density at radius 3 is 1.33 bits per heavy atom. The summed E-state index contributed by atoms with van der Waals surface area (Å²) in [4.78, 5) is 151. The number of nitrogens with zero attached hydrogens (tertiary/aromatic N) is 3. The molecule has 0 saturated heterocycles. The van der Waals surface area contributed by atoms with Gasteiger partial charge in [0.05, 0.1) is 39.1 Å². The van der Waals surface area contributed by atoms with E-state index in [4.69, 9.17) is 28.7 Å². The first kappa shape index (κ1) is 66.3. The van der Waals surface area contributed by atoms with Gasteiger partial charge in [-0.15, -0.1) is 0 Å². The first-order valence-electron chi connectivity index (χ1n) is 24.9. The van der Waals surface area contributed by atoms with E-state index in [0.717, 1.165) is 0 Å². The van der Waals surface area contributed by atoms with Crippen molar-refractivity contribution in [2.24, 2.45) is 39.6 Å². The zero-order chi connectivity index (χ0) is 58.5. The molecule has 25 N–H and O–H groups in total. The molecule has 0 aliphatic carbocycles. The zero-order valence-corrected chi connectivity index (χ0v) is 43.7. The average molecular weight is 1110 g/mol. The third kappa shape index (κ3) is 23.6. The van der Waals surface area contributed by atoms with Gasteiger partial charge in [0.25, 0.3) is 0 Å². The first-order chi connectivity index (χ1) is 37.0. The van der Waals surface area contributed by atoms with Crippen LogP contribution in [0.25, 0.3) is 0 Å². The van der Waals surface area contributed by atoms with Gasteiger partial charge in [-0.1, -0.05) is 13.8 Å². The molecule has 2 heterocycles. The summed E-state index contributed by atoms with van der Waals surface area (Å²) in [5.74, 6) is -10.2. The number of primary amides is 1. The molecule has 2 rings (SSSR count). The highest BCUT2D eigenvalue weighted by Crippen LogP contribution is 2.10. The van der Waals surface area contributed by atoms with Crippen LogP contribution in [0.15, 0.2) is 30.0 Å². The summed E-state index contributed by atoms with van der Waals surface area (Å²) in [6.07, 6.45) is 6.00. The van der Waals surface area contributed by atoms with Gasteiger partial charge >= 0.3 is 0 Å². The molecule has 0 spiro atoms. The van der Waals surface area contributed by atoms with E-state index in [2.05, 4.69) is 72.8 Å². The molecule has 436 valence electrons. The van der Waals surface area contributed by atoms with Crippen molar-refractivity contribution in [2.45, 2.75) is 133 Å². The number of aliphatic hydroxyl groups is 4. The number of guanidine groups is 1. The maximum Gasteiger partial charge on any atom is 0.245 e. The van der Waals surface area contributed by atoms with Gasteiger partial charge < -0.3 is 107 Å². The van der Waals surface area contributed by atoms with Crippen molar-refractivity contribution in [1.29, 1.82) is 0 Å². The van der Waals surface area contributed by atoms with E-state index >= 15 is 0 Å². The van der Waals surface area contributed by atoms with Crippen LogP contribution < -0.4 is 76.5 Å². The third-order valence-electron chi connectivity index (χ3n) is 11.5. The van der Waals surface area contributed by atoms with Gasteiger partial charge in [0, 0.05) is 43.2 Å².